The molecule has 0 saturated carbocycles. The highest BCUT2D eigenvalue weighted by molar-refractivity contribution is 7.99. The molecule has 1 aliphatic rings. The molecule has 82 valence electrons. The molecule has 0 radical (unpaired) electrons. The summed E-state index contributed by atoms with van der Waals surface area (Å²) in [5.74, 6) is 3.51. The molecule has 0 aromatic heterocycles. The van der Waals surface area contributed by atoms with Crippen molar-refractivity contribution >= 4 is 23.5 Å². The van der Waals surface area contributed by atoms with Crippen molar-refractivity contribution in [3.05, 3.63) is 24.3 Å². The van der Waals surface area contributed by atoms with Crippen molar-refractivity contribution < 1.29 is 4.74 Å². The summed E-state index contributed by atoms with van der Waals surface area (Å²) in [6.45, 7) is 0. The van der Waals surface area contributed by atoms with Gasteiger partial charge in [0.1, 0.15) is 11.9 Å². The molecule has 0 atom stereocenters. The van der Waals surface area contributed by atoms with Crippen LogP contribution in [-0.4, -0.2) is 23.9 Å². The molecule has 1 fully saturated rings. The lowest BCUT2D eigenvalue weighted by atomic mass is 10.2. The fourth-order valence-corrected chi connectivity index (χ4v) is 3.11. The third-order valence-electron chi connectivity index (χ3n) is 2.53. The van der Waals surface area contributed by atoms with Gasteiger partial charge in [0.2, 0.25) is 0 Å². The highest BCUT2D eigenvalue weighted by atomic mass is 32.2. The van der Waals surface area contributed by atoms with Gasteiger partial charge in [-0.05, 0) is 54.9 Å². The molecule has 0 spiro atoms. The van der Waals surface area contributed by atoms with Gasteiger partial charge in [0.25, 0.3) is 0 Å². The Morgan fingerprint density at radius 3 is 2.47 bits per heavy atom. The Hall–Kier alpha value is -0.280. The predicted octanol–water partition coefficient (Wildman–Crippen LogP) is 3.68. The summed E-state index contributed by atoms with van der Waals surface area (Å²) in [5, 5.41) is 0. The van der Waals surface area contributed by atoms with Crippen molar-refractivity contribution in [1.29, 1.82) is 0 Å². The largest absolute Gasteiger partial charge is 0.490 e. The van der Waals surface area contributed by atoms with Crippen molar-refractivity contribution in [3.8, 4) is 5.75 Å². The maximum Gasteiger partial charge on any atom is 0.119 e. The van der Waals surface area contributed by atoms with E-state index >= 15 is 0 Å². The Bertz CT molecular complexity index is 291. The first-order valence-electron chi connectivity index (χ1n) is 5.27. The van der Waals surface area contributed by atoms with Crippen LogP contribution in [0.4, 0.5) is 0 Å². The van der Waals surface area contributed by atoms with Crippen LogP contribution in [0.5, 0.6) is 5.75 Å². The molecule has 2 rings (SSSR count). The quantitative estimate of drug-likeness (QED) is 0.746. The second-order valence-electron chi connectivity index (χ2n) is 3.61. The van der Waals surface area contributed by atoms with Gasteiger partial charge in [0.15, 0.2) is 0 Å². The van der Waals surface area contributed by atoms with Gasteiger partial charge in [-0.3, -0.25) is 0 Å². The van der Waals surface area contributed by atoms with Crippen LogP contribution < -0.4 is 4.74 Å². The number of hydrogen-bond donors (Lipinski definition) is 0. The monoisotopic (exact) mass is 240 g/mol. The summed E-state index contributed by atoms with van der Waals surface area (Å²) < 4.78 is 5.93. The van der Waals surface area contributed by atoms with Crippen molar-refractivity contribution in [2.45, 2.75) is 23.8 Å². The van der Waals surface area contributed by atoms with E-state index in [0.717, 1.165) is 5.75 Å². The van der Waals surface area contributed by atoms with Crippen molar-refractivity contribution in [2.24, 2.45) is 0 Å². The first kappa shape index (κ1) is 11.2. The summed E-state index contributed by atoms with van der Waals surface area (Å²) in [5.41, 5.74) is 0. The van der Waals surface area contributed by atoms with Crippen molar-refractivity contribution in [3.63, 3.8) is 0 Å². The number of ether oxygens (including phenoxy) is 1. The van der Waals surface area contributed by atoms with Gasteiger partial charge in [0, 0.05) is 4.90 Å². The van der Waals surface area contributed by atoms with Crippen LogP contribution in [0.2, 0.25) is 0 Å². The summed E-state index contributed by atoms with van der Waals surface area (Å²) in [4.78, 5) is 1.29. The molecule has 1 nitrogen and oxygen atoms in total. The Morgan fingerprint density at radius 1 is 1.20 bits per heavy atom. The van der Waals surface area contributed by atoms with E-state index in [-0.39, 0.29) is 0 Å². The lowest BCUT2D eigenvalue weighted by Gasteiger charge is -2.22. The molecule has 1 aliphatic heterocycles. The van der Waals surface area contributed by atoms with Gasteiger partial charge in [-0.25, -0.2) is 0 Å². The SMILES string of the molecule is CSc1ccc(OC2CCSCC2)cc1. The third kappa shape index (κ3) is 3.35. The highest BCUT2D eigenvalue weighted by Crippen LogP contribution is 2.24. The molecule has 1 aromatic carbocycles. The van der Waals surface area contributed by atoms with Gasteiger partial charge in [-0.1, -0.05) is 0 Å². The number of benzene rings is 1. The minimum Gasteiger partial charge on any atom is -0.490 e. The maximum atomic E-state index is 5.93. The molecular formula is C12H16OS2. The van der Waals surface area contributed by atoms with E-state index in [9.17, 15) is 0 Å². The molecule has 0 unspecified atom stereocenters. The molecule has 15 heavy (non-hydrogen) atoms. The standard InChI is InChI=1S/C12H16OS2/c1-14-12-4-2-10(3-5-12)13-11-6-8-15-9-7-11/h2-5,11H,6-9H2,1H3. The minimum absolute atomic E-state index is 0.436. The lowest BCUT2D eigenvalue weighted by Crippen LogP contribution is -2.21. The molecular weight excluding hydrogens is 224 g/mol. The van der Waals surface area contributed by atoms with Crippen LogP contribution in [0.3, 0.4) is 0 Å². The van der Waals surface area contributed by atoms with Crippen LogP contribution in [0, 0.1) is 0 Å². The lowest BCUT2D eigenvalue weighted by molar-refractivity contribution is 0.192. The second-order valence-corrected chi connectivity index (χ2v) is 5.71. The van der Waals surface area contributed by atoms with E-state index in [1.54, 1.807) is 11.8 Å². The Kier molecular flexibility index (Phi) is 4.27. The summed E-state index contributed by atoms with van der Waals surface area (Å²) >= 11 is 3.80. The molecule has 0 bridgehead atoms. The van der Waals surface area contributed by atoms with E-state index in [1.807, 2.05) is 11.8 Å². The fourth-order valence-electron chi connectivity index (χ4n) is 1.64. The molecule has 0 amide bonds. The van der Waals surface area contributed by atoms with E-state index < -0.39 is 0 Å². The van der Waals surface area contributed by atoms with Crippen LogP contribution in [-0.2, 0) is 0 Å². The predicted molar refractivity (Wildman–Crippen MR) is 69.2 cm³/mol. The Balaban J connectivity index is 1.91. The average Bonchev–Trinajstić information content (AvgIpc) is 2.31. The minimum atomic E-state index is 0.436. The third-order valence-corrected chi connectivity index (χ3v) is 4.32. The maximum absolute atomic E-state index is 5.93. The zero-order valence-corrected chi connectivity index (χ0v) is 10.6. The van der Waals surface area contributed by atoms with Gasteiger partial charge < -0.3 is 4.74 Å². The molecule has 1 saturated heterocycles. The fraction of sp³-hybridized carbons (Fsp3) is 0.500. The van der Waals surface area contributed by atoms with E-state index in [0.29, 0.717) is 6.10 Å². The average molecular weight is 240 g/mol. The van der Waals surface area contributed by atoms with E-state index in [1.165, 1.54) is 29.2 Å². The molecule has 0 aliphatic carbocycles. The highest BCUT2D eigenvalue weighted by Gasteiger charge is 2.14. The van der Waals surface area contributed by atoms with Crippen LogP contribution in [0.1, 0.15) is 12.8 Å². The van der Waals surface area contributed by atoms with Gasteiger partial charge >= 0.3 is 0 Å². The van der Waals surface area contributed by atoms with E-state index in [2.05, 4.69) is 30.5 Å². The zero-order chi connectivity index (χ0) is 10.5. The first-order chi connectivity index (χ1) is 7.38. The van der Waals surface area contributed by atoms with E-state index in [4.69, 9.17) is 4.74 Å². The van der Waals surface area contributed by atoms with Crippen LogP contribution in [0.25, 0.3) is 0 Å². The normalized spacial score (nSPS) is 17.7. The molecule has 1 heterocycles. The number of hydrogen-bond acceptors (Lipinski definition) is 3. The summed E-state index contributed by atoms with van der Waals surface area (Å²) in [6.07, 6.45) is 4.91. The first-order valence-corrected chi connectivity index (χ1v) is 7.65. The van der Waals surface area contributed by atoms with Crippen LogP contribution >= 0.6 is 23.5 Å². The number of rotatable bonds is 3. The summed E-state index contributed by atoms with van der Waals surface area (Å²) in [7, 11) is 0. The van der Waals surface area contributed by atoms with Crippen LogP contribution in [0.15, 0.2) is 29.2 Å². The number of thioether (sulfide) groups is 2. The van der Waals surface area contributed by atoms with Gasteiger partial charge in [0.05, 0.1) is 0 Å². The Labute approximate surface area is 100.0 Å². The Morgan fingerprint density at radius 2 is 1.87 bits per heavy atom. The smallest absolute Gasteiger partial charge is 0.119 e. The summed E-state index contributed by atoms with van der Waals surface area (Å²) in [6, 6.07) is 8.40. The van der Waals surface area contributed by atoms with Crippen molar-refractivity contribution in [2.75, 3.05) is 17.8 Å². The van der Waals surface area contributed by atoms with Crippen molar-refractivity contribution in [1.82, 2.24) is 0 Å². The second kappa shape index (κ2) is 5.71. The van der Waals surface area contributed by atoms with Gasteiger partial charge in [-0.15, -0.1) is 11.8 Å². The molecule has 1 aromatic rings. The van der Waals surface area contributed by atoms with Gasteiger partial charge in [-0.2, -0.15) is 11.8 Å². The molecule has 0 N–H and O–H groups in total. The topological polar surface area (TPSA) is 9.23 Å². The molecule has 3 heteroatoms. The zero-order valence-electron chi connectivity index (χ0n) is 8.94.